The molecule has 0 spiro atoms. The lowest BCUT2D eigenvalue weighted by molar-refractivity contribution is 0.832. The quantitative estimate of drug-likeness (QED) is 0.114. The normalized spacial score (nSPS) is 11.2. The van der Waals surface area contributed by atoms with E-state index >= 15 is 0 Å². The predicted molar refractivity (Wildman–Crippen MR) is 197 cm³/mol. The SMILES string of the molecule is C/C=C\C.C=C/C=C\C(C)C.c1ccc(-c2ccc3ccc4ccc(-c5ccc(-c6cccnc6)cc5)c5ccc2c3c45)nc1. The molecule has 2 heterocycles. The summed E-state index contributed by atoms with van der Waals surface area (Å²) in [7, 11) is 0. The van der Waals surface area contributed by atoms with Crippen molar-refractivity contribution in [2.45, 2.75) is 27.7 Å². The Morgan fingerprint density at radius 1 is 0.600 bits per heavy atom. The molecule has 0 aliphatic carbocycles. The van der Waals surface area contributed by atoms with Gasteiger partial charge in [0.2, 0.25) is 0 Å². The summed E-state index contributed by atoms with van der Waals surface area (Å²) in [6.07, 6.45) is 15.4. The number of pyridine rings is 2. The third-order valence-electron chi connectivity index (χ3n) is 7.76. The molecule has 2 aromatic heterocycles. The molecule has 2 heteroatoms. The molecule has 2 nitrogen and oxygen atoms in total. The van der Waals surface area contributed by atoms with E-state index in [2.05, 4.69) is 121 Å². The highest BCUT2D eigenvalue weighted by Crippen LogP contribution is 2.42. The van der Waals surface area contributed by atoms with Crippen LogP contribution in [-0.2, 0) is 0 Å². The third kappa shape index (κ3) is 7.08. The maximum atomic E-state index is 4.63. The van der Waals surface area contributed by atoms with Crippen molar-refractivity contribution in [1.29, 1.82) is 0 Å². The largest absolute Gasteiger partial charge is 0.264 e. The Labute approximate surface area is 267 Å². The first-order valence-corrected chi connectivity index (χ1v) is 15.5. The molecule has 222 valence electrons. The lowest BCUT2D eigenvalue weighted by atomic mass is 9.87. The van der Waals surface area contributed by atoms with Crippen molar-refractivity contribution in [3.63, 3.8) is 0 Å². The summed E-state index contributed by atoms with van der Waals surface area (Å²) < 4.78 is 0. The Morgan fingerprint density at radius 3 is 1.76 bits per heavy atom. The smallest absolute Gasteiger partial charge is 0.0708 e. The average Bonchev–Trinajstić information content (AvgIpc) is 3.10. The number of hydrogen-bond donors (Lipinski definition) is 0. The van der Waals surface area contributed by atoms with E-state index in [0.29, 0.717) is 5.92 Å². The van der Waals surface area contributed by atoms with Crippen LogP contribution in [0.25, 0.3) is 65.8 Å². The molecule has 0 atom stereocenters. The van der Waals surface area contributed by atoms with Gasteiger partial charge in [0.05, 0.1) is 5.69 Å². The second kappa shape index (κ2) is 14.9. The van der Waals surface area contributed by atoms with Gasteiger partial charge in [0.1, 0.15) is 0 Å². The molecule has 5 aromatic carbocycles. The molecule has 7 aromatic rings. The zero-order chi connectivity index (χ0) is 31.6. The summed E-state index contributed by atoms with van der Waals surface area (Å²) in [4.78, 5) is 8.88. The Bertz CT molecular complexity index is 2030. The first kappa shape index (κ1) is 31.1. The van der Waals surface area contributed by atoms with Crippen molar-refractivity contribution < 1.29 is 0 Å². The van der Waals surface area contributed by atoms with E-state index in [1.54, 1.807) is 6.08 Å². The van der Waals surface area contributed by atoms with Crippen LogP contribution in [0.5, 0.6) is 0 Å². The number of nitrogens with zero attached hydrogens (tertiary/aromatic N) is 2. The molecule has 0 fully saturated rings. The molecule has 0 saturated carbocycles. The molecule has 0 radical (unpaired) electrons. The van der Waals surface area contributed by atoms with Crippen LogP contribution in [0.2, 0.25) is 0 Å². The second-order valence-electron chi connectivity index (χ2n) is 11.2. The van der Waals surface area contributed by atoms with Gasteiger partial charge < -0.3 is 0 Å². The zero-order valence-electron chi connectivity index (χ0n) is 26.6. The zero-order valence-corrected chi connectivity index (χ0v) is 26.6. The van der Waals surface area contributed by atoms with Gasteiger partial charge in [0, 0.05) is 24.2 Å². The minimum absolute atomic E-state index is 0.651. The van der Waals surface area contributed by atoms with E-state index in [4.69, 9.17) is 0 Å². The van der Waals surface area contributed by atoms with Crippen LogP contribution in [0, 0.1) is 5.92 Å². The number of aromatic nitrogens is 2. The molecule has 0 aliphatic heterocycles. The number of rotatable bonds is 5. The lowest BCUT2D eigenvalue weighted by Gasteiger charge is -2.16. The van der Waals surface area contributed by atoms with E-state index in [1.807, 2.05) is 68.9 Å². The molecule has 0 saturated heterocycles. The van der Waals surface area contributed by atoms with Gasteiger partial charge in [-0.15, -0.1) is 0 Å². The van der Waals surface area contributed by atoms with Gasteiger partial charge in [-0.25, -0.2) is 0 Å². The van der Waals surface area contributed by atoms with Crippen molar-refractivity contribution in [1.82, 2.24) is 9.97 Å². The highest BCUT2D eigenvalue weighted by molar-refractivity contribution is 6.27. The van der Waals surface area contributed by atoms with Gasteiger partial charge in [-0.3, -0.25) is 9.97 Å². The van der Waals surface area contributed by atoms with Crippen molar-refractivity contribution in [2.24, 2.45) is 5.92 Å². The monoisotopic (exact) mass is 584 g/mol. The molecule has 7 rings (SSSR count). The summed E-state index contributed by atoms with van der Waals surface area (Å²) in [6, 6.07) is 36.9. The van der Waals surface area contributed by atoms with Crippen molar-refractivity contribution in [3.05, 3.63) is 159 Å². The fraction of sp³-hybridized carbons (Fsp3) is 0.116. The van der Waals surface area contributed by atoms with Crippen LogP contribution in [0.3, 0.4) is 0 Å². The van der Waals surface area contributed by atoms with Crippen LogP contribution in [0.4, 0.5) is 0 Å². The van der Waals surface area contributed by atoms with Gasteiger partial charge in [0.25, 0.3) is 0 Å². The topological polar surface area (TPSA) is 25.8 Å². The van der Waals surface area contributed by atoms with Crippen molar-refractivity contribution >= 4 is 32.3 Å². The van der Waals surface area contributed by atoms with Gasteiger partial charge in [0.15, 0.2) is 0 Å². The van der Waals surface area contributed by atoms with Gasteiger partial charge in [-0.05, 0) is 92.5 Å². The van der Waals surface area contributed by atoms with E-state index in [9.17, 15) is 0 Å². The Morgan fingerprint density at radius 2 is 1.22 bits per heavy atom. The van der Waals surface area contributed by atoms with E-state index in [0.717, 1.165) is 11.3 Å². The Balaban J connectivity index is 0.000000316. The summed E-state index contributed by atoms with van der Waals surface area (Å²) in [5.74, 6) is 0.651. The highest BCUT2D eigenvalue weighted by atomic mass is 14.7. The fourth-order valence-corrected chi connectivity index (χ4v) is 5.47. The van der Waals surface area contributed by atoms with Crippen LogP contribution < -0.4 is 0 Å². The van der Waals surface area contributed by atoms with Gasteiger partial charge in [-0.2, -0.15) is 0 Å². The maximum Gasteiger partial charge on any atom is 0.0708 e. The van der Waals surface area contributed by atoms with Crippen LogP contribution in [0.15, 0.2) is 159 Å². The third-order valence-corrected chi connectivity index (χ3v) is 7.76. The van der Waals surface area contributed by atoms with Crippen LogP contribution in [-0.4, -0.2) is 9.97 Å². The molecule has 0 aliphatic rings. The lowest BCUT2D eigenvalue weighted by Crippen LogP contribution is -1.90. The molecule has 0 unspecified atom stereocenters. The molecule has 0 N–H and O–H groups in total. The number of allylic oxidation sites excluding steroid dienone is 5. The van der Waals surface area contributed by atoms with E-state index in [1.165, 1.54) is 54.6 Å². The standard InChI is InChI=1S/C32H20N2.C7H12.C4H8/c1-2-19-34-30(5-1)27-15-13-24-11-10-23-12-14-26(28-16-17-29(27)32(24)31(23)28)22-8-6-21(7-9-22)25-4-3-18-33-20-25;1-4-5-6-7(2)3;1-3-4-2/h1-20H;4-7H,1H2,2-3H3;3-4H,1-2H3/b;6-5-;4-3-. The second-order valence-corrected chi connectivity index (χ2v) is 11.2. The first-order chi connectivity index (χ1) is 22.0. The molecule has 0 bridgehead atoms. The summed E-state index contributed by atoms with van der Waals surface area (Å²) in [5, 5.41) is 7.69. The Kier molecular flexibility index (Phi) is 10.3. The molecular formula is C43H40N2. The number of hydrogen-bond acceptors (Lipinski definition) is 2. The predicted octanol–water partition coefficient (Wildman–Crippen LogP) is 12.3. The minimum Gasteiger partial charge on any atom is -0.264 e. The van der Waals surface area contributed by atoms with Gasteiger partial charge in [-0.1, -0.05) is 136 Å². The Hall–Kier alpha value is -5.34. The van der Waals surface area contributed by atoms with Crippen molar-refractivity contribution in [3.8, 4) is 33.5 Å². The molecule has 0 amide bonds. The number of benzene rings is 5. The first-order valence-electron chi connectivity index (χ1n) is 15.5. The van der Waals surface area contributed by atoms with Gasteiger partial charge >= 0.3 is 0 Å². The average molecular weight is 585 g/mol. The minimum atomic E-state index is 0.651. The van der Waals surface area contributed by atoms with E-state index in [-0.39, 0.29) is 0 Å². The summed E-state index contributed by atoms with van der Waals surface area (Å²) in [6.45, 7) is 11.8. The van der Waals surface area contributed by atoms with E-state index < -0.39 is 0 Å². The summed E-state index contributed by atoms with van der Waals surface area (Å²) in [5.41, 5.74) is 6.96. The summed E-state index contributed by atoms with van der Waals surface area (Å²) >= 11 is 0. The van der Waals surface area contributed by atoms with Crippen LogP contribution >= 0.6 is 0 Å². The van der Waals surface area contributed by atoms with Crippen LogP contribution in [0.1, 0.15) is 27.7 Å². The fourth-order valence-electron chi connectivity index (χ4n) is 5.47. The molecule has 45 heavy (non-hydrogen) atoms. The van der Waals surface area contributed by atoms with Crippen molar-refractivity contribution in [2.75, 3.05) is 0 Å². The molecular weight excluding hydrogens is 544 g/mol. The maximum absolute atomic E-state index is 4.63. The highest BCUT2D eigenvalue weighted by Gasteiger charge is 2.15.